The molecule has 7 heteroatoms. The molecular formula is C19H21NO6. The van der Waals surface area contributed by atoms with Crippen molar-refractivity contribution in [1.29, 1.82) is 0 Å². The van der Waals surface area contributed by atoms with Gasteiger partial charge in [-0.1, -0.05) is 6.07 Å². The lowest BCUT2D eigenvalue weighted by molar-refractivity contribution is 0.0903. The molecule has 0 aromatic heterocycles. The summed E-state index contributed by atoms with van der Waals surface area (Å²) in [7, 11) is 5.94. The Kier molecular flexibility index (Phi) is 6.43. The van der Waals surface area contributed by atoms with Gasteiger partial charge in [0.2, 0.25) is 5.75 Å². The number of nitrogens with one attached hydrogen (secondary N) is 1. The lowest BCUT2D eigenvalue weighted by Gasteiger charge is -2.14. The first-order valence-corrected chi connectivity index (χ1v) is 7.79. The molecule has 0 heterocycles. The van der Waals surface area contributed by atoms with E-state index in [1.807, 2.05) is 0 Å². The highest BCUT2D eigenvalue weighted by Crippen LogP contribution is 2.38. The van der Waals surface area contributed by atoms with Crippen LogP contribution in [0.3, 0.4) is 0 Å². The summed E-state index contributed by atoms with van der Waals surface area (Å²) in [5.41, 5.74) is 0.743. The third-order valence-electron chi connectivity index (χ3n) is 3.73. The SMILES string of the molecule is COc1cccc(C(=O)NCC(=O)c2cc(OC)c(OC)c(OC)c2)c1. The van der Waals surface area contributed by atoms with Gasteiger partial charge in [-0.2, -0.15) is 0 Å². The summed E-state index contributed by atoms with van der Waals surface area (Å²) in [4.78, 5) is 24.7. The number of carbonyl (C=O) groups is 2. The Bertz CT molecular complexity index is 777. The van der Waals surface area contributed by atoms with Crippen molar-refractivity contribution in [1.82, 2.24) is 5.32 Å². The van der Waals surface area contributed by atoms with Crippen LogP contribution in [0.15, 0.2) is 36.4 Å². The minimum atomic E-state index is -0.371. The van der Waals surface area contributed by atoms with Gasteiger partial charge in [-0.3, -0.25) is 9.59 Å². The summed E-state index contributed by atoms with van der Waals surface area (Å²) >= 11 is 0. The molecule has 7 nitrogen and oxygen atoms in total. The van der Waals surface area contributed by atoms with Gasteiger partial charge in [0.1, 0.15) is 5.75 Å². The van der Waals surface area contributed by atoms with Crippen molar-refractivity contribution in [3.05, 3.63) is 47.5 Å². The van der Waals surface area contributed by atoms with E-state index in [1.54, 1.807) is 36.4 Å². The van der Waals surface area contributed by atoms with E-state index < -0.39 is 0 Å². The van der Waals surface area contributed by atoms with Crippen LogP contribution in [0.2, 0.25) is 0 Å². The van der Waals surface area contributed by atoms with Gasteiger partial charge in [0.05, 0.1) is 35.0 Å². The maximum absolute atomic E-state index is 12.4. The Balaban J connectivity index is 2.13. The van der Waals surface area contributed by atoms with Crippen LogP contribution >= 0.6 is 0 Å². The zero-order chi connectivity index (χ0) is 19.1. The summed E-state index contributed by atoms with van der Waals surface area (Å²) in [5, 5.41) is 2.60. The molecule has 0 bridgehead atoms. The smallest absolute Gasteiger partial charge is 0.251 e. The van der Waals surface area contributed by atoms with Gasteiger partial charge >= 0.3 is 0 Å². The average Bonchev–Trinajstić information content (AvgIpc) is 2.70. The molecule has 2 rings (SSSR count). The number of methoxy groups -OCH3 is 4. The van der Waals surface area contributed by atoms with Crippen molar-refractivity contribution in [2.24, 2.45) is 0 Å². The van der Waals surface area contributed by atoms with Crippen LogP contribution in [0.25, 0.3) is 0 Å². The quantitative estimate of drug-likeness (QED) is 0.729. The highest BCUT2D eigenvalue weighted by atomic mass is 16.5. The third kappa shape index (κ3) is 4.24. The van der Waals surface area contributed by atoms with E-state index in [9.17, 15) is 9.59 Å². The molecule has 1 amide bonds. The first kappa shape index (κ1) is 19.1. The number of hydrogen-bond acceptors (Lipinski definition) is 6. The van der Waals surface area contributed by atoms with Gasteiger partial charge in [-0.25, -0.2) is 0 Å². The fourth-order valence-corrected chi connectivity index (χ4v) is 2.37. The van der Waals surface area contributed by atoms with Crippen LogP contribution in [-0.4, -0.2) is 46.7 Å². The highest BCUT2D eigenvalue weighted by molar-refractivity contribution is 6.02. The predicted octanol–water partition coefficient (Wildman–Crippen LogP) is 2.33. The largest absolute Gasteiger partial charge is 0.497 e. The molecule has 0 saturated heterocycles. The van der Waals surface area contributed by atoms with Crippen molar-refractivity contribution < 1.29 is 28.5 Å². The molecule has 138 valence electrons. The van der Waals surface area contributed by atoms with Gasteiger partial charge < -0.3 is 24.3 Å². The first-order valence-electron chi connectivity index (χ1n) is 7.79. The number of amides is 1. The number of Topliss-reactive ketones (excluding diaryl/α,β-unsaturated/α-hetero) is 1. The Labute approximate surface area is 151 Å². The van der Waals surface area contributed by atoms with E-state index in [0.29, 0.717) is 34.1 Å². The van der Waals surface area contributed by atoms with Crippen LogP contribution in [0.4, 0.5) is 0 Å². The molecule has 2 aromatic rings. The molecule has 1 N–H and O–H groups in total. The highest BCUT2D eigenvalue weighted by Gasteiger charge is 2.17. The van der Waals surface area contributed by atoms with Crippen LogP contribution < -0.4 is 24.3 Å². The zero-order valence-corrected chi connectivity index (χ0v) is 15.1. The molecule has 0 unspecified atom stereocenters. The topological polar surface area (TPSA) is 83.1 Å². The average molecular weight is 359 g/mol. The first-order chi connectivity index (χ1) is 12.5. The van der Waals surface area contributed by atoms with E-state index in [0.717, 1.165) is 0 Å². The van der Waals surface area contributed by atoms with Gasteiger partial charge in [0.15, 0.2) is 17.3 Å². The monoisotopic (exact) mass is 359 g/mol. The van der Waals surface area contributed by atoms with E-state index in [-0.39, 0.29) is 18.2 Å². The molecular weight excluding hydrogens is 338 g/mol. The summed E-state index contributed by atoms with van der Waals surface area (Å²) < 4.78 is 20.8. The lowest BCUT2D eigenvalue weighted by atomic mass is 10.1. The second kappa shape index (κ2) is 8.75. The zero-order valence-electron chi connectivity index (χ0n) is 15.1. The number of rotatable bonds is 8. The molecule has 0 radical (unpaired) electrons. The molecule has 0 aliphatic carbocycles. The van der Waals surface area contributed by atoms with E-state index in [2.05, 4.69) is 5.32 Å². The fraction of sp³-hybridized carbons (Fsp3) is 0.263. The summed E-state index contributed by atoms with van der Waals surface area (Å²) in [6, 6.07) is 9.76. The van der Waals surface area contributed by atoms with Crippen LogP contribution in [0.1, 0.15) is 20.7 Å². The minimum Gasteiger partial charge on any atom is -0.497 e. The summed E-state index contributed by atoms with van der Waals surface area (Å²) in [6.45, 7) is -0.172. The Morgan fingerprint density at radius 3 is 2.04 bits per heavy atom. The van der Waals surface area contributed by atoms with E-state index in [1.165, 1.54) is 28.4 Å². The molecule has 0 aliphatic rings. The second-order valence-corrected chi connectivity index (χ2v) is 5.25. The molecule has 2 aromatic carbocycles. The maximum atomic E-state index is 12.4. The van der Waals surface area contributed by atoms with Crippen molar-refractivity contribution in [2.75, 3.05) is 35.0 Å². The van der Waals surface area contributed by atoms with Crippen molar-refractivity contribution in [2.45, 2.75) is 0 Å². The van der Waals surface area contributed by atoms with Crippen molar-refractivity contribution >= 4 is 11.7 Å². The van der Waals surface area contributed by atoms with Crippen molar-refractivity contribution in [3.63, 3.8) is 0 Å². The molecule has 0 aliphatic heterocycles. The van der Waals surface area contributed by atoms with Gasteiger partial charge in [-0.15, -0.1) is 0 Å². The fourth-order valence-electron chi connectivity index (χ4n) is 2.37. The van der Waals surface area contributed by atoms with Crippen LogP contribution in [0.5, 0.6) is 23.0 Å². The number of hydrogen-bond donors (Lipinski definition) is 1. The second-order valence-electron chi connectivity index (χ2n) is 5.25. The maximum Gasteiger partial charge on any atom is 0.251 e. The Morgan fingerprint density at radius 2 is 1.50 bits per heavy atom. The predicted molar refractivity (Wildman–Crippen MR) is 95.8 cm³/mol. The van der Waals surface area contributed by atoms with E-state index >= 15 is 0 Å². The Morgan fingerprint density at radius 1 is 0.846 bits per heavy atom. The third-order valence-corrected chi connectivity index (χ3v) is 3.73. The number of ketones is 1. The van der Waals surface area contributed by atoms with Gasteiger partial charge in [-0.05, 0) is 30.3 Å². The van der Waals surface area contributed by atoms with Crippen LogP contribution in [-0.2, 0) is 0 Å². The number of benzene rings is 2. The normalized spacial score (nSPS) is 10.0. The molecule has 0 fully saturated rings. The molecule has 26 heavy (non-hydrogen) atoms. The lowest BCUT2D eigenvalue weighted by Crippen LogP contribution is -2.29. The van der Waals surface area contributed by atoms with Gasteiger partial charge in [0.25, 0.3) is 5.91 Å². The van der Waals surface area contributed by atoms with Crippen molar-refractivity contribution in [3.8, 4) is 23.0 Å². The minimum absolute atomic E-state index is 0.172. The number of carbonyl (C=O) groups excluding carboxylic acids is 2. The number of ether oxygens (including phenoxy) is 4. The standard InChI is InChI=1S/C19H21NO6/c1-23-14-7-5-6-12(8-14)19(22)20-11-15(21)13-9-16(24-2)18(26-4)17(10-13)25-3/h5-10H,11H2,1-4H3,(H,20,22). The van der Waals surface area contributed by atoms with Gasteiger partial charge in [0, 0.05) is 11.1 Å². The molecule has 0 spiro atoms. The summed E-state index contributed by atoms with van der Waals surface area (Å²) in [5.74, 6) is 1.04. The van der Waals surface area contributed by atoms with E-state index in [4.69, 9.17) is 18.9 Å². The Hall–Kier alpha value is -3.22. The summed E-state index contributed by atoms with van der Waals surface area (Å²) in [6.07, 6.45) is 0. The molecule has 0 atom stereocenters. The molecule has 0 saturated carbocycles. The van der Waals surface area contributed by atoms with Crippen LogP contribution in [0, 0.1) is 0 Å².